The number of rotatable bonds is 4. The molecule has 1 atom stereocenters. The van der Waals surface area contributed by atoms with Gasteiger partial charge in [-0.15, -0.1) is 0 Å². The van der Waals surface area contributed by atoms with Crippen LogP contribution in [-0.2, 0) is 9.84 Å². The fraction of sp³-hybridized carbons (Fsp3) is 0.200. The second kappa shape index (κ2) is 5.83. The summed E-state index contributed by atoms with van der Waals surface area (Å²) in [4.78, 5) is 0.0982. The molecule has 2 aromatic rings. The third kappa shape index (κ3) is 3.80. The molecule has 112 valence electrons. The van der Waals surface area contributed by atoms with Crippen LogP contribution in [-0.4, -0.2) is 19.8 Å². The van der Waals surface area contributed by atoms with Crippen molar-refractivity contribution in [1.29, 1.82) is 0 Å². The second-order valence-corrected chi connectivity index (χ2v) is 6.73. The highest BCUT2D eigenvalue weighted by atomic mass is 32.2. The fourth-order valence-corrected chi connectivity index (χ4v) is 2.41. The molecule has 0 aliphatic heterocycles. The first kappa shape index (κ1) is 15.5. The minimum Gasteiger partial charge on any atom is -0.454 e. The Bertz CT molecular complexity index is 754. The molecule has 2 aromatic carbocycles. The first-order valence-corrected chi connectivity index (χ1v) is 8.12. The monoisotopic (exact) mass is 310 g/mol. The highest BCUT2D eigenvalue weighted by molar-refractivity contribution is 7.90. The van der Waals surface area contributed by atoms with Gasteiger partial charge in [0.1, 0.15) is 5.75 Å². The van der Waals surface area contributed by atoms with Crippen molar-refractivity contribution in [3.05, 3.63) is 53.8 Å². The largest absolute Gasteiger partial charge is 0.454 e. The van der Waals surface area contributed by atoms with Gasteiger partial charge in [-0.25, -0.2) is 12.8 Å². The van der Waals surface area contributed by atoms with Gasteiger partial charge in [-0.1, -0.05) is 12.1 Å². The van der Waals surface area contributed by atoms with Crippen LogP contribution >= 0.6 is 0 Å². The number of benzene rings is 2. The van der Waals surface area contributed by atoms with E-state index >= 15 is 0 Å². The third-order valence-corrected chi connectivity index (χ3v) is 4.01. The molecule has 4 nitrogen and oxygen atoms in total. The van der Waals surface area contributed by atoms with E-state index in [0.29, 0.717) is 5.56 Å². The zero-order chi connectivity index (χ0) is 15.6. The van der Waals surface area contributed by atoms with Gasteiger partial charge in [0.2, 0.25) is 0 Å². The number of aliphatic hydroxyl groups excluding tert-OH is 1. The lowest BCUT2D eigenvalue weighted by Crippen LogP contribution is -1.98. The van der Waals surface area contributed by atoms with Gasteiger partial charge >= 0.3 is 0 Å². The Labute approximate surface area is 122 Å². The van der Waals surface area contributed by atoms with Crippen LogP contribution in [0.25, 0.3) is 0 Å². The summed E-state index contributed by atoms with van der Waals surface area (Å²) in [6.45, 7) is 1.53. The summed E-state index contributed by atoms with van der Waals surface area (Å²) < 4.78 is 42.2. The summed E-state index contributed by atoms with van der Waals surface area (Å²) in [6, 6.07) is 9.95. The van der Waals surface area contributed by atoms with Crippen LogP contribution in [0, 0.1) is 5.82 Å². The van der Waals surface area contributed by atoms with E-state index in [1.54, 1.807) is 6.07 Å². The van der Waals surface area contributed by atoms with Crippen molar-refractivity contribution in [1.82, 2.24) is 0 Å². The van der Waals surface area contributed by atoms with Gasteiger partial charge in [0.25, 0.3) is 0 Å². The predicted octanol–water partition coefficient (Wildman–Crippen LogP) is 3.07. The molecule has 0 saturated heterocycles. The van der Waals surface area contributed by atoms with Crippen molar-refractivity contribution in [3.8, 4) is 11.5 Å². The van der Waals surface area contributed by atoms with Crippen molar-refractivity contribution in [2.24, 2.45) is 0 Å². The Morgan fingerprint density at radius 2 is 1.90 bits per heavy atom. The van der Waals surface area contributed by atoms with E-state index in [4.69, 9.17) is 4.74 Å². The van der Waals surface area contributed by atoms with Gasteiger partial charge < -0.3 is 9.84 Å². The molecular weight excluding hydrogens is 295 g/mol. The zero-order valence-electron chi connectivity index (χ0n) is 11.6. The van der Waals surface area contributed by atoms with Crippen LogP contribution in [0.2, 0.25) is 0 Å². The number of hydrogen-bond donors (Lipinski definition) is 1. The smallest absolute Gasteiger partial charge is 0.175 e. The van der Waals surface area contributed by atoms with E-state index in [0.717, 1.165) is 6.26 Å². The second-order valence-electron chi connectivity index (χ2n) is 4.71. The molecule has 0 aliphatic rings. The van der Waals surface area contributed by atoms with Crippen LogP contribution in [0.1, 0.15) is 18.6 Å². The summed E-state index contributed by atoms with van der Waals surface area (Å²) >= 11 is 0. The number of ether oxygens (including phenoxy) is 1. The Balaban J connectivity index is 2.31. The molecule has 6 heteroatoms. The van der Waals surface area contributed by atoms with Crippen molar-refractivity contribution in [2.75, 3.05) is 6.26 Å². The number of aliphatic hydroxyl groups is 1. The van der Waals surface area contributed by atoms with Crippen LogP contribution < -0.4 is 4.74 Å². The topological polar surface area (TPSA) is 63.6 Å². The quantitative estimate of drug-likeness (QED) is 0.942. The average Bonchev–Trinajstić information content (AvgIpc) is 2.40. The lowest BCUT2D eigenvalue weighted by Gasteiger charge is -2.10. The van der Waals surface area contributed by atoms with Gasteiger partial charge in [-0.3, -0.25) is 0 Å². The zero-order valence-corrected chi connectivity index (χ0v) is 12.4. The van der Waals surface area contributed by atoms with E-state index in [1.807, 2.05) is 0 Å². The van der Waals surface area contributed by atoms with E-state index in [9.17, 15) is 17.9 Å². The average molecular weight is 310 g/mol. The first-order valence-electron chi connectivity index (χ1n) is 6.23. The molecule has 0 aromatic heterocycles. The third-order valence-electron chi connectivity index (χ3n) is 2.90. The Hall–Kier alpha value is -1.92. The molecule has 21 heavy (non-hydrogen) atoms. The first-order chi connectivity index (χ1) is 9.77. The summed E-state index contributed by atoms with van der Waals surface area (Å²) in [7, 11) is -3.35. The molecule has 0 spiro atoms. The number of hydrogen-bond acceptors (Lipinski definition) is 4. The molecule has 0 bridgehead atoms. The molecule has 0 heterocycles. The van der Waals surface area contributed by atoms with Gasteiger partial charge in [0, 0.05) is 6.26 Å². The van der Waals surface area contributed by atoms with Crippen molar-refractivity contribution >= 4 is 9.84 Å². The van der Waals surface area contributed by atoms with Gasteiger partial charge in [0.05, 0.1) is 11.0 Å². The molecule has 0 fully saturated rings. The Morgan fingerprint density at radius 3 is 2.48 bits per heavy atom. The molecule has 1 N–H and O–H groups in total. The maximum Gasteiger partial charge on any atom is 0.175 e. The van der Waals surface area contributed by atoms with Crippen LogP contribution in [0.5, 0.6) is 11.5 Å². The van der Waals surface area contributed by atoms with Crippen LogP contribution in [0.3, 0.4) is 0 Å². The Morgan fingerprint density at radius 1 is 1.19 bits per heavy atom. The molecule has 0 amide bonds. The maximum absolute atomic E-state index is 13.9. The van der Waals surface area contributed by atoms with Crippen LogP contribution in [0.4, 0.5) is 4.39 Å². The lowest BCUT2D eigenvalue weighted by atomic mass is 10.1. The van der Waals surface area contributed by atoms with E-state index in [1.165, 1.54) is 43.3 Å². The summed E-state index contributed by atoms with van der Waals surface area (Å²) in [5.41, 5.74) is 0.435. The number of sulfone groups is 1. The minimum atomic E-state index is -3.35. The highest BCUT2D eigenvalue weighted by Crippen LogP contribution is 2.28. The van der Waals surface area contributed by atoms with E-state index in [2.05, 4.69) is 0 Å². The summed E-state index contributed by atoms with van der Waals surface area (Å²) in [5.74, 6) is -0.440. The van der Waals surface area contributed by atoms with Crippen molar-refractivity contribution in [2.45, 2.75) is 17.9 Å². The van der Waals surface area contributed by atoms with Gasteiger partial charge in [-0.2, -0.15) is 0 Å². The maximum atomic E-state index is 13.9. The highest BCUT2D eigenvalue weighted by Gasteiger charge is 2.11. The molecule has 1 unspecified atom stereocenters. The molecular formula is C15H15FO4S. The van der Waals surface area contributed by atoms with Crippen LogP contribution in [0.15, 0.2) is 47.4 Å². The summed E-state index contributed by atoms with van der Waals surface area (Å²) in [5, 5.41) is 9.38. The van der Waals surface area contributed by atoms with E-state index < -0.39 is 21.8 Å². The standard InChI is InChI=1S/C15H15FO4S/c1-10(17)11-6-7-15(14(16)8-11)20-12-4-3-5-13(9-12)21(2,18)19/h3-10,17H,1-2H3. The molecule has 0 aliphatic carbocycles. The van der Waals surface area contributed by atoms with Crippen molar-refractivity contribution in [3.63, 3.8) is 0 Å². The Kier molecular flexibility index (Phi) is 4.29. The molecule has 0 radical (unpaired) electrons. The lowest BCUT2D eigenvalue weighted by molar-refractivity contribution is 0.198. The van der Waals surface area contributed by atoms with Gasteiger partial charge in [0.15, 0.2) is 21.4 Å². The fourth-order valence-electron chi connectivity index (χ4n) is 1.76. The van der Waals surface area contributed by atoms with E-state index in [-0.39, 0.29) is 16.4 Å². The molecule has 2 rings (SSSR count). The summed E-state index contributed by atoms with van der Waals surface area (Å²) in [6.07, 6.45) is 0.312. The molecule has 0 saturated carbocycles. The normalized spacial score (nSPS) is 13.0. The SMILES string of the molecule is CC(O)c1ccc(Oc2cccc(S(C)(=O)=O)c2)c(F)c1. The minimum absolute atomic E-state index is 0.0370. The predicted molar refractivity (Wildman–Crippen MR) is 76.7 cm³/mol. The van der Waals surface area contributed by atoms with Crippen molar-refractivity contribution < 1.29 is 22.7 Å². The number of halogens is 1. The van der Waals surface area contributed by atoms with Gasteiger partial charge in [-0.05, 0) is 42.8 Å².